The number of aromatic carboxylic acids is 1. The summed E-state index contributed by atoms with van der Waals surface area (Å²) in [5.74, 6) is -1.84. The van der Waals surface area contributed by atoms with Crippen LogP contribution in [0.25, 0.3) is 16.4 Å². The highest BCUT2D eigenvalue weighted by atomic mass is 32.2. The monoisotopic (exact) mass is 332 g/mol. The van der Waals surface area contributed by atoms with Crippen LogP contribution in [-0.4, -0.2) is 36.1 Å². The van der Waals surface area contributed by atoms with Gasteiger partial charge in [-0.05, 0) is 24.3 Å². The fraction of sp³-hybridized carbons (Fsp3) is 0.0667. The van der Waals surface area contributed by atoms with Crippen molar-refractivity contribution in [2.75, 3.05) is 6.26 Å². The molecule has 8 heteroatoms. The number of carboxylic acids is 1. The molecule has 0 atom stereocenters. The van der Waals surface area contributed by atoms with Gasteiger partial charge in [0.15, 0.2) is 0 Å². The molecule has 2 aromatic heterocycles. The third kappa shape index (κ3) is 2.64. The van der Waals surface area contributed by atoms with Gasteiger partial charge in [-0.3, -0.25) is 4.79 Å². The minimum atomic E-state index is -3.68. The van der Waals surface area contributed by atoms with Crippen LogP contribution in [0.15, 0.2) is 42.6 Å². The van der Waals surface area contributed by atoms with E-state index < -0.39 is 21.9 Å². The molecule has 1 aromatic carbocycles. The lowest BCUT2D eigenvalue weighted by Gasteiger charge is -2.03. The van der Waals surface area contributed by atoms with Crippen LogP contribution in [0.2, 0.25) is 0 Å². The van der Waals surface area contributed by atoms with Crippen molar-refractivity contribution in [1.29, 1.82) is 0 Å². The number of hydrogen-bond acceptors (Lipinski definition) is 4. The molecule has 0 spiro atoms. The zero-order valence-electron chi connectivity index (χ0n) is 12.0. The minimum absolute atomic E-state index is 0.128. The van der Waals surface area contributed by atoms with Gasteiger partial charge in [0, 0.05) is 17.1 Å². The van der Waals surface area contributed by atoms with E-state index in [1.165, 1.54) is 18.2 Å². The second kappa shape index (κ2) is 5.10. The Morgan fingerprint density at radius 1 is 1.13 bits per heavy atom. The summed E-state index contributed by atoms with van der Waals surface area (Å²) in [6.07, 6.45) is 2.57. The molecule has 118 valence electrons. The predicted octanol–water partition coefficient (Wildman–Crippen LogP) is 1.48. The van der Waals surface area contributed by atoms with E-state index in [9.17, 15) is 23.1 Å². The SMILES string of the molecule is CS(=O)(=O)NC(=O)c1ccc2c(C(=O)O)c3ccccn3c2c1. The summed E-state index contributed by atoms with van der Waals surface area (Å²) < 4.78 is 25.9. The van der Waals surface area contributed by atoms with Gasteiger partial charge in [0.05, 0.1) is 22.9 Å². The van der Waals surface area contributed by atoms with E-state index in [1.54, 1.807) is 28.8 Å². The molecule has 0 unspecified atom stereocenters. The molecule has 7 nitrogen and oxygen atoms in total. The molecule has 1 amide bonds. The van der Waals surface area contributed by atoms with Crippen molar-refractivity contribution in [3.63, 3.8) is 0 Å². The van der Waals surface area contributed by atoms with Gasteiger partial charge in [-0.15, -0.1) is 0 Å². The molecule has 0 aliphatic carbocycles. The number of sulfonamides is 1. The number of carboxylic acid groups (broad SMARTS) is 1. The summed E-state index contributed by atoms with van der Waals surface area (Å²) in [4.78, 5) is 23.5. The highest BCUT2D eigenvalue weighted by molar-refractivity contribution is 7.89. The van der Waals surface area contributed by atoms with E-state index in [4.69, 9.17) is 0 Å². The lowest BCUT2D eigenvalue weighted by molar-refractivity contribution is 0.0700. The van der Waals surface area contributed by atoms with Crippen molar-refractivity contribution < 1.29 is 23.1 Å². The van der Waals surface area contributed by atoms with Crippen molar-refractivity contribution in [3.05, 3.63) is 53.7 Å². The van der Waals surface area contributed by atoms with Crippen molar-refractivity contribution in [2.45, 2.75) is 0 Å². The van der Waals surface area contributed by atoms with Gasteiger partial charge in [0.1, 0.15) is 0 Å². The summed E-state index contributed by atoms with van der Waals surface area (Å²) in [6.45, 7) is 0. The van der Waals surface area contributed by atoms with Gasteiger partial charge < -0.3 is 9.51 Å². The minimum Gasteiger partial charge on any atom is -0.478 e. The first-order chi connectivity index (χ1) is 10.8. The van der Waals surface area contributed by atoms with Gasteiger partial charge in [-0.2, -0.15) is 0 Å². The molecule has 2 N–H and O–H groups in total. The molecule has 0 radical (unpaired) electrons. The van der Waals surface area contributed by atoms with Crippen molar-refractivity contribution >= 4 is 38.3 Å². The van der Waals surface area contributed by atoms with Gasteiger partial charge in [0.2, 0.25) is 10.0 Å². The van der Waals surface area contributed by atoms with Crippen LogP contribution in [0.3, 0.4) is 0 Å². The first kappa shape index (κ1) is 15.0. The molecule has 0 saturated carbocycles. The maximum Gasteiger partial charge on any atom is 0.338 e. The van der Waals surface area contributed by atoms with E-state index in [-0.39, 0.29) is 11.1 Å². The summed E-state index contributed by atoms with van der Waals surface area (Å²) in [5, 5.41) is 9.90. The zero-order chi connectivity index (χ0) is 16.8. The molecule has 2 heterocycles. The molecule has 23 heavy (non-hydrogen) atoms. The number of carbonyl (C=O) groups is 2. The number of carbonyl (C=O) groups excluding carboxylic acids is 1. The van der Waals surface area contributed by atoms with Crippen LogP contribution in [0, 0.1) is 0 Å². The van der Waals surface area contributed by atoms with E-state index in [0.717, 1.165) is 6.26 Å². The molecular weight excluding hydrogens is 320 g/mol. The average Bonchev–Trinajstić information content (AvgIpc) is 2.79. The number of rotatable bonds is 3. The standard InChI is InChI=1S/C15H12N2O5S/c1-23(21,22)16-14(18)9-5-6-10-12(8-9)17-7-3-2-4-11(17)13(10)15(19)20/h2-8H,1H3,(H,16,18)(H,19,20). The summed E-state index contributed by atoms with van der Waals surface area (Å²) >= 11 is 0. The second-order valence-corrected chi connectivity index (χ2v) is 6.82. The number of nitrogens with one attached hydrogen (secondary N) is 1. The number of hydrogen-bond donors (Lipinski definition) is 2. The quantitative estimate of drug-likeness (QED) is 0.756. The third-order valence-corrected chi connectivity index (χ3v) is 3.95. The van der Waals surface area contributed by atoms with Crippen LogP contribution in [0.4, 0.5) is 0 Å². The Labute approximate surface area is 131 Å². The number of aromatic nitrogens is 1. The van der Waals surface area contributed by atoms with Crippen molar-refractivity contribution in [1.82, 2.24) is 9.12 Å². The van der Waals surface area contributed by atoms with Crippen LogP contribution in [-0.2, 0) is 10.0 Å². The Hall–Kier alpha value is -2.87. The summed E-state index contributed by atoms with van der Waals surface area (Å²) in [5.41, 5.74) is 1.27. The molecule has 0 aliphatic heterocycles. The number of fused-ring (bicyclic) bond motifs is 3. The van der Waals surface area contributed by atoms with Gasteiger partial charge in [-0.1, -0.05) is 12.1 Å². The number of benzene rings is 1. The smallest absolute Gasteiger partial charge is 0.338 e. The van der Waals surface area contributed by atoms with E-state index in [2.05, 4.69) is 0 Å². The van der Waals surface area contributed by atoms with Crippen LogP contribution < -0.4 is 4.72 Å². The van der Waals surface area contributed by atoms with Gasteiger partial charge >= 0.3 is 5.97 Å². The summed E-state index contributed by atoms with van der Waals surface area (Å²) in [7, 11) is -3.68. The zero-order valence-corrected chi connectivity index (χ0v) is 12.8. The van der Waals surface area contributed by atoms with Crippen LogP contribution in [0.1, 0.15) is 20.7 Å². The van der Waals surface area contributed by atoms with Gasteiger partial charge in [0.25, 0.3) is 5.91 Å². The molecule has 0 fully saturated rings. The van der Waals surface area contributed by atoms with Gasteiger partial charge in [-0.25, -0.2) is 17.9 Å². The van der Waals surface area contributed by atoms with Crippen LogP contribution >= 0.6 is 0 Å². The first-order valence-electron chi connectivity index (χ1n) is 6.56. The second-order valence-electron chi connectivity index (χ2n) is 5.07. The van der Waals surface area contributed by atoms with Crippen molar-refractivity contribution in [2.24, 2.45) is 0 Å². The Bertz CT molecular complexity index is 1070. The largest absolute Gasteiger partial charge is 0.478 e. The lowest BCUT2D eigenvalue weighted by Crippen LogP contribution is -2.29. The topological polar surface area (TPSA) is 105 Å². The normalized spacial score (nSPS) is 11.7. The Morgan fingerprint density at radius 2 is 1.87 bits per heavy atom. The fourth-order valence-electron chi connectivity index (χ4n) is 2.53. The fourth-order valence-corrected chi connectivity index (χ4v) is 2.99. The predicted molar refractivity (Wildman–Crippen MR) is 84.2 cm³/mol. The maximum atomic E-state index is 12.0. The third-order valence-electron chi connectivity index (χ3n) is 3.40. The molecule has 3 aromatic rings. The van der Waals surface area contributed by atoms with E-state index in [1.807, 2.05) is 4.72 Å². The highest BCUT2D eigenvalue weighted by Gasteiger charge is 2.19. The van der Waals surface area contributed by atoms with Crippen molar-refractivity contribution in [3.8, 4) is 0 Å². The molecule has 0 bridgehead atoms. The Kier molecular flexibility index (Phi) is 3.33. The Morgan fingerprint density at radius 3 is 2.52 bits per heavy atom. The van der Waals surface area contributed by atoms with E-state index >= 15 is 0 Å². The number of amides is 1. The number of pyridine rings is 1. The van der Waals surface area contributed by atoms with Crippen LogP contribution in [0.5, 0.6) is 0 Å². The van der Waals surface area contributed by atoms with E-state index in [0.29, 0.717) is 16.4 Å². The lowest BCUT2D eigenvalue weighted by atomic mass is 10.1. The molecular formula is C15H12N2O5S. The first-order valence-corrected chi connectivity index (χ1v) is 8.45. The average molecular weight is 332 g/mol. The number of nitrogens with zero attached hydrogens (tertiary/aromatic N) is 1. The highest BCUT2D eigenvalue weighted by Crippen LogP contribution is 2.27. The molecule has 0 saturated heterocycles. The molecule has 0 aliphatic rings. The Balaban J connectivity index is 2.27. The summed E-state index contributed by atoms with van der Waals surface area (Å²) in [6, 6.07) is 9.49. The maximum absolute atomic E-state index is 12.0. The molecule has 3 rings (SSSR count).